The summed E-state index contributed by atoms with van der Waals surface area (Å²) in [5, 5.41) is 10.8. The summed E-state index contributed by atoms with van der Waals surface area (Å²) in [5.74, 6) is -4.17. The minimum absolute atomic E-state index is 0.360. The summed E-state index contributed by atoms with van der Waals surface area (Å²) in [5.41, 5.74) is 4.48. The van der Waals surface area contributed by atoms with Crippen LogP contribution in [0.5, 0.6) is 0 Å². The highest BCUT2D eigenvalue weighted by Crippen LogP contribution is 2.05. The van der Waals surface area contributed by atoms with E-state index >= 15 is 0 Å². The van der Waals surface area contributed by atoms with Crippen LogP contribution in [0.3, 0.4) is 0 Å². The third-order valence-corrected chi connectivity index (χ3v) is 2.03. The molecular weight excluding hydrogens is 245 g/mol. The predicted molar refractivity (Wildman–Crippen MR) is 56.9 cm³/mol. The molecule has 1 aromatic rings. The molecule has 0 saturated carbocycles. The smallest absolute Gasteiger partial charge is 0.326 e. The van der Waals surface area contributed by atoms with E-state index in [9.17, 15) is 18.8 Å². The Bertz CT molecular complexity index is 492. The number of pyridine rings is 1. The average molecular weight is 255 g/mol. The molecule has 1 rings (SSSR count). The van der Waals surface area contributed by atoms with Gasteiger partial charge in [-0.25, -0.2) is 9.18 Å². The van der Waals surface area contributed by atoms with Crippen LogP contribution in [0.15, 0.2) is 18.5 Å². The second kappa shape index (κ2) is 5.71. The van der Waals surface area contributed by atoms with Gasteiger partial charge in [0.05, 0.1) is 18.2 Å². The lowest BCUT2D eigenvalue weighted by atomic mass is 10.1. The van der Waals surface area contributed by atoms with Crippen LogP contribution < -0.4 is 11.1 Å². The Hall–Kier alpha value is -2.51. The van der Waals surface area contributed by atoms with Gasteiger partial charge in [0.1, 0.15) is 6.04 Å². The maximum atomic E-state index is 13.2. The fourth-order valence-corrected chi connectivity index (χ4v) is 1.20. The van der Waals surface area contributed by atoms with Crippen molar-refractivity contribution in [1.29, 1.82) is 0 Å². The number of amides is 2. The average Bonchev–Trinajstić information content (AvgIpc) is 2.27. The summed E-state index contributed by atoms with van der Waals surface area (Å²) in [7, 11) is 0. The fraction of sp³-hybridized carbons (Fsp3) is 0.200. The number of carbonyl (C=O) groups is 3. The van der Waals surface area contributed by atoms with Crippen molar-refractivity contribution in [3.8, 4) is 0 Å². The molecule has 0 saturated heterocycles. The molecule has 0 radical (unpaired) electrons. The Morgan fingerprint density at radius 3 is 2.67 bits per heavy atom. The molecule has 96 valence electrons. The first-order valence-electron chi connectivity index (χ1n) is 4.83. The molecule has 0 bridgehead atoms. The van der Waals surface area contributed by atoms with Crippen LogP contribution in [-0.2, 0) is 9.59 Å². The summed E-state index contributed by atoms with van der Waals surface area (Å²) in [6, 6.07) is -0.407. The van der Waals surface area contributed by atoms with Gasteiger partial charge in [0, 0.05) is 6.20 Å². The van der Waals surface area contributed by atoms with Gasteiger partial charge in [-0.3, -0.25) is 14.6 Å². The van der Waals surface area contributed by atoms with Crippen molar-refractivity contribution in [3.05, 3.63) is 29.8 Å². The Morgan fingerprint density at radius 1 is 1.50 bits per heavy atom. The highest BCUT2D eigenvalue weighted by atomic mass is 19.1. The van der Waals surface area contributed by atoms with Gasteiger partial charge >= 0.3 is 5.97 Å². The van der Waals surface area contributed by atoms with E-state index < -0.39 is 36.1 Å². The van der Waals surface area contributed by atoms with Crippen LogP contribution in [0.4, 0.5) is 4.39 Å². The SMILES string of the molecule is NC(=O)C[C@@H](NC(=O)c1ccncc1F)C(=O)O. The van der Waals surface area contributed by atoms with Crippen LogP contribution in [0.1, 0.15) is 16.8 Å². The molecule has 7 nitrogen and oxygen atoms in total. The number of hydrogen-bond acceptors (Lipinski definition) is 4. The monoisotopic (exact) mass is 255 g/mol. The fourth-order valence-electron chi connectivity index (χ4n) is 1.20. The largest absolute Gasteiger partial charge is 0.480 e. The zero-order valence-corrected chi connectivity index (χ0v) is 9.09. The van der Waals surface area contributed by atoms with Crippen molar-refractivity contribution in [3.63, 3.8) is 0 Å². The van der Waals surface area contributed by atoms with Gasteiger partial charge in [-0.2, -0.15) is 0 Å². The lowest BCUT2D eigenvalue weighted by molar-refractivity contribution is -0.140. The normalized spacial score (nSPS) is 11.6. The molecular formula is C10H10FN3O4. The second-order valence-corrected chi connectivity index (χ2v) is 3.39. The maximum absolute atomic E-state index is 13.2. The van der Waals surface area contributed by atoms with Crippen LogP contribution in [-0.4, -0.2) is 33.9 Å². The molecule has 0 aromatic carbocycles. The molecule has 0 aliphatic heterocycles. The number of aromatic nitrogens is 1. The summed E-state index contributed by atoms with van der Waals surface area (Å²) in [6.07, 6.45) is 1.42. The number of carboxylic acid groups (broad SMARTS) is 1. The van der Waals surface area contributed by atoms with Gasteiger partial charge in [0.15, 0.2) is 5.82 Å². The Labute approximate surface area is 101 Å². The minimum Gasteiger partial charge on any atom is -0.480 e. The number of nitrogens with one attached hydrogen (secondary N) is 1. The number of carbonyl (C=O) groups excluding carboxylic acids is 2. The second-order valence-electron chi connectivity index (χ2n) is 3.39. The zero-order valence-electron chi connectivity index (χ0n) is 9.09. The van der Waals surface area contributed by atoms with Crippen LogP contribution in [0.2, 0.25) is 0 Å². The number of aliphatic carboxylic acids is 1. The highest BCUT2D eigenvalue weighted by Gasteiger charge is 2.23. The first kappa shape index (κ1) is 13.6. The van der Waals surface area contributed by atoms with Crippen LogP contribution in [0, 0.1) is 5.82 Å². The number of hydrogen-bond donors (Lipinski definition) is 3. The first-order chi connectivity index (χ1) is 8.41. The molecule has 0 fully saturated rings. The standard InChI is InChI=1S/C10H10FN3O4/c11-6-4-13-2-1-5(6)9(16)14-7(10(17)18)3-8(12)15/h1-2,4,7H,3H2,(H2,12,15)(H,14,16)(H,17,18)/t7-/m1/s1. The van der Waals surface area contributed by atoms with Gasteiger partial charge in [-0.15, -0.1) is 0 Å². The molecule has 0 unspecified atom stereocenters. The summed E-state index contributed by atoms with van der Waals surface area (Å²) in [4.78, 5) is 36.4. The molecule has 2 amide bonds. The number of primary amides is 1. The quantitative estimate of drug-likeness (QED) is 0.640. The van der Waals surface area contributed by atoms with Gasteiger partial charge in [0.25, 0.3) is 5.91 Å². The molecule has 0 aliphatic carbocycles. The van der Waals surface area contributed by atoms with E-state index in [0.29, 0.717) is 0 Å². The minimum atomic E-state index is -1.50. The molecule has 0 spiro atoms. The van der Waals surface area contributed by atoms with Gasteiger partial charge in [-0.1, -0.05) is 0 Å². The Balaban J connectivity index is 2.82. The van der Waals surface area contributed by atoms with E-state index in [1.54, 1.807) is 0 Å². The molecule has 8 heteroatoms. The number of halogens is 1. The number of carboxylic acids is 1. The molecule has 1 atom stereocenters. The Kier molecular flexibility index (Phi) is 4.30. The predicted octanol–water partition coefficient (Wildman–Crippen LogP) is -0.721. The van der Waals surface area contributed by atoms with E-state index in [1.165, 1.54) is 6.20 Å². The van der Waals surface area contributed by atoms with Crippen molar-refractivity contribution < 1.29 is 23.9 Å². The zero-order chi connectivity index (χ0) is 13.7. The van der Waals surface area contributed by atoms with Gasteiger partial charge in [0.2, 0.25) is 5.91 Å². The molecule has 0 aliphatic rings. The number of nitrogens with two attached hydrogens (primary N) is 1. The summed E-state index contributed by atoms with van der Waals surface area (Å²) < 4.78 is 13.2. The topological polar surface area (TPSA) is 122 Å². The third kappa shape index (κ3) is 3.51. The van der Waals surface area contributed by atoms with Gasteiger partial charge in [-0.05, 0) is 6.07 Å². The molecule has 4 N–H and O–H groups in total. The number of nitrogens with zero attached hydrogens (tertiary/aromatic N) is 1. The summed E-state index contributed by atoms with van der Waals surface area (Å²) in [6.45, 7) is 0. The van der Waals surface area contributed by atoms with E-state index in [0.717, 1.165) is 12.3 Å². The molecule has 1 aromatic heterocycles. The lowest BCUT2D eigenvalue weighted by Gasteiger charge is -2.12. The molecule has 1 heterocycles. The van der Waals surface area contributed by atoms with Gasteiger partial charge < -0.3 is 16.2 Å². The van der Waals surface area contributed by atoms with E-state index in [4.69, 9.17) is 10.8 Å². The number of rotatable bonds is 5. The van der Waals surface area contributed by atoms with Crippen molar-refractivity contribution in [1.82, 2.24) is 10.3 Å². The lowest BCUT2D eigenvalue weighted by Crippen LogP contribution is -2.43. The van der Waals surface area contributed by atoms with Crippen molar-refractivity contribution >= 4 is 17.8 Å². The van der Waals surface area contributed by atoms with Crippen molar-refractivity contribution in [2.24, 2.45) is 5.73 Å². The summed E-state index contributed by atoms with van der Waals surface area (Å²) >= 11 is 0. The van der Waals surface area contributed by atoms with E-state index in [-0.39, 0.29) is 5.56 Å². The maximum Gasteiger partial charge on any atom is 0.326 e. The van der Waals surface area contributed by atoms with Crippen molar-refractivity contribution in [2.75, 3.05) is 0 Å². The molecule has 18 heavy (non-hydrogen) atoms. The highest BCUT2D eigenvalue weighted by molar-refractivity contribution is 5.97. The van der Waals surface area contributed by atoms with Crippen LogP contribution >= 0.6 is 0 Å². The first-order valence-corrected chi connectivity index (χ1v) is 4.83. The van der Waals surface area contributed by atoms with E-state index in [2.05, 4.69) is 4.98 Å². The van der Waals surface area contributed by atoms with Crippen LogP contribution in [0.25, 0.3) is 0 Å². The third-order valence-electron chi connectivity index (χ3n) is 2.03. The van der Waals surface area contributed by atoms with E-state index in [1.807, 2.05) is 5.32 Å². The van der Waals surface area contributed by atoms with Crippen molar-refractivity contribution in [2.45, 2.75) is 12.5 Å². The Morgan fingerprint density at radius 2 is 2.17 bits per heavy atom.